The number of aromatic nitrogens is 3. The van der Waals surface area contributed by atoms with Gasteiger partial charge in [0.25, 0.3) is 0 Å². The second-order valence-electron chi connectivity index (χ2n) is 9.08. The number of hydrogen-bond donors (Lipinski definition) is 1. The minimum absolute atomic E-state index is 0.0454. The van der Waals surface area contributed by atoms with Crippen LogP contribution >= 0.6 is 0 Å². The number of alkyl halides is 1. The van der Waals surface area contributed by atoms with E-state index in [0.29, 0.717) is 35.3 Å². The van der Waals surface area contributed by atoms with Crippen molar-refractivity contribution in [1.82, 2.24) is 15.0 Å². The summed E-state index contributed by atoms with van der Waals surface area (Å²) in [7, 11) is -1.46. The fourth-order valence-corrected chi connectivity index (χ4v) is 8.34. The normalized spacial score (nSPS) is 30.4. The number of ether oxygens (including phenoxy) is 1. The van der Waals surface area contributed by atoms with E-state index in [-0.39, 0.29) is 17.8 Å². The number of methoxy groups -OCH3 is 1. The van der Waals surface area contributed by atoms with Crippen molar-refractivity contribution in [3.05, 3.63) is 59.4 Å². The first-order valence-corrected chi connectivity index (χ1v) is 12.7. The zero-order valence-corrected chi connectivity index (χ0v) is 19.7. The topological polar surface area (TPSA) is 103 Å². The number of benzene rings is 1. The lowest BCUT2D eigenvalue weighted by Gasteiger charge is -2.42. The molecule has 3 aromatic rings. The van der Waals surface area contributed by atoms with E-state index in [0.717, 1.165) is 5.56 Å². The van der Waals surface area contributed by atoms with Gasteiger partial charge in [0.15, 0.2) is 0 Å². The summed E-state index contributed by atoms with van der Waals surface area (Å²) in [5.41, 5.74) is 7.90. The van der Waals surface area contributed by atoms with Crippen LogP contribution in [-0.4, -0.2) is 54.6 Å². The summed E-state index contributed by atoms with van der Waals surface area (Å²) in [6, 6.07) is 6.49. The van der Waals surface area contributed by atoms with Gasteiger partial charge in [0, 0.05) is 18.1 Å². The lowest BCUT2D eigenvalue weighted by atomic mass is 9.85. The molecular formula is C24H25F2N5O2S. The molecule has 2 aliphatic rings. The van der Waals surface area contributed by atoms with Crippen molar-refractivity contribution in [2.24, 2.45) is 10.7 Å². The standard InChI is InChI=1S/C24H25F2N5O2S/c1-23(20-6-7-24(12-25,22(27)31-23)34(20,3)32)16-8-14(4-5-17(16)26)9-18-21-19(30-13-29-18)10-15(33-2)11-28-21/h4-5,8,10-11,13,20H,3,6-7,9,12H2,1-2H3,(H2,27,31)/t20?,23-,24+,34?/m1/s1. The summed E-state index contributed by atoms with van der Waals surface area (Å²) in [6.45, 7) is 0.817. The van der Waals surface area contributed by atoms with Gasteiger partial charge in [-0.15, -0.1) is 0 Å². The molecule has 2 bridgehead atoms. The van der Waals surface area contributed by atoms with E-state index in [1.165, 1.54) is 12.4 Å². The average Bonchev–Trinajstić information content (AvgIpc) is 3.03. The summed E-state index contributed by atoms with van der Waals surface area (Å²) in [5, 5.41) is -0.623. The molecule has 4 atom stereocenters. The fraction of sp³-hybridized carbons (Fsp3) is 0.375. The van der Waals surface area contributed by atoms with E-state index in [2.05, 4.69) is 25.8 Å². The van der Waals surface area contributed by atoms with Gasteiger partial charge in [0.2, 0.25) is 0 Å². The Bertz CT molecular complexity index is 1440. The molecule has 1 saturated heterocycles. The summed E-state index contributed by atoms with van der Waals surface area (Å²) in [5.74, 6) is 3.95. The van der Waals surface area contributed by atoms with Crippen LogP contribution in [0.1, 0.15) is 36.6 Å². The highest BCUT2D eigenvalue weighted by atomic mass is 32.2. The largest absolute Gasteiger partial charge is 0.495 e. The van der Waals surface area contributed by atoms with Crippen LogP contribution in [0.25, 0.3) is 11.0 Å². The Balaban J connectivity index is 1.59. The number of nitrogens with two attached hydrogens (primary N) is 1. The average molecular weight is 486 g/mol. The number of rotatable bonds is 5. The molecule has 7 nitrogen and oxygen atoms in total. The maximum atomic E-state index is 15.2. The maximum Gasteiger partial charge on any atom is 0.139 e. The Hall–Kier alpha value is -3.14. The van der Waals surface area contributed by atoms with Crippen LogP contribution in [0.5, 0.6) is 5.75 Å². The molecule has 5 rings (SSSR count). The summed E-state index contributed by atoms with van der Waals surface area (Å²) in [6.07, 6.45) is 4.08. The molecule has 1 fully saturated rings. The molecule has 0 aliphatic carbocycles. The molecule has 178 valence electrons. The van der Waals surface area contributed by atoms with Crippen molar-refractivity contribution in [2.75, 3.05) is 13.8 Å². The van der Waals surface area contributed by atoms with Gasteiger partial charge in [-0.1, -0.05) is 12.1 Å². The van der Waals surface area contributed by atoms with Crippen LogP contribution in [0.3, 0.4) is 0 Å². The summed E-state index contributed by atoms with van der Waals surface area (Å²) >= 11 is 0. The predicted octanol–water partition coefficient (Wildman–Crippen LogP) is 2.94. The second-order valence-corrected chi connectivity index (χ2v) is 11.9. The molecule has 2 aromatic heterocycles. The Labute approximate surface area is 196 Å². The van der Waals surface area contributed by atoms with Crippen LogP contribution in [0.2, 0.25) is 0 Å². The van der Waals surface area contributed by atoms with Gasteiger partial charge in [-0.3, -0.25) is 9.20 Å². The highest BCUT2D eigenvalue weighted by Crippen LogP contribution is 2.52. The van der Waals surface area contributed by atoms with Gasteiger partial charge < -0.3 is 10.5 Å². The first-order chi connectivity index (χ1) is 16.2. The molecule has 2 aliphatic heterocycles. The minimum atomic E-state index is -3.01. The smallest absolute Gasteiger partial charge is 0.139 e. The summed E-state index contributed by atoms with van der Waals surface area (Å²) < 4.78 is 46.8. The van der Waals surface area contributed by atoms with Crippen molar-refractivity contribution in [1.29, 1.82) is 0 Å². The van der Waals surface area contributed by atoms with Gasteiger partial charge in [-0.2, -0.15) is 0 Å². The van der Waals surface area contributed by atoms with E-state index in [9.17, 15) is 8.60 Å². The van der Waals surface area contributed by atoms with Crippen LogP contribution < -0.4 is 10.5 Å². The molecule has 10 heteroatoms. The van der Waals surface area contributed by atoms with Crippen LogP contribution in [0, 0.1) is 5.82 Å². The molecule has 4 heterocycles. The SMILES string of the molecule is C=S1(=O)C2CC[C@]1(CF)C(N)=N[C@]2(C)c1cc(Cc2ncnc3cc(OC)cnc23)ccc1F. The van der Waals surface area contributed by atoms with Crippen molar-refractivity contribution in [3.63, 3.8) is 0 Å². The summed E-state index contributed by atoms with van der Waals surface area (Å²) in [4.78, 5) is 17.6. The minimum Gasteiger partial charge on any atom is -0.495 e. The third kappa shape index (κ3) is 3.04. The van der Waals surface area contributed by atoms with Gasteiger partial charge in [0.1, 0.15) is 46.2 Å². The molecule has 34 heavy (non-hydrogen) atoms. The zero-order valence-electron chi connectivity index (χ0n) is 18.9. The first-order valence-electron chi connectivity index (χ1n) is 10.9. The Morgan fingerprint density at radius 2 is 2.09 bits per heavy atom. The molecule has 2 unspecified atom stereocenters. The van der Waals surface area contributed by atoms with E-state index in [1.54, 1.807) is 38.4 Å². The van der Waals surface area contributed by atoms with Crippen LogP contribution in [-0.2, 0) is 21.5 Å². The number of halogens is 2. The monoisotopic (exact) mass is 485 g/mol. The fourth-order valence-electron chi connectivity index (χ4n) is 5.32. The lowest BCUT2D eigenvalue weighted by Crippen LogP contribution is -2.58. The van der Waals surface area contributed by atoms with Crippen molar-refractivity contribution >= 4 is 32.3 Å². The number of hydrogen-bond acceptors (Lipinski definition) is 7. The van der Waals surface area contributed by atoms with E-state index < -0.39 is 37.5 Å². The third-order valence-corrected chi connectivity index (χ3v) is 10.8. The van der Waals surface area contributed by atoms with E-state index in [4.69, 9.17) is 10.5 Å². The van der Waals surface area contributed by atoms with Gasteiger partial charge in [-0.25, -0.2) is 23.7 Å². The second kappa shape index (κ2) is 7.69. The highest BCUT2D eigenvalue weighted by Gasteiger charge is 2.61. The quantitative estimate of drug-likeness (QED) is 0.558. The number of amidine groups is 1. The molecule has 0 radical (unpaired) electrons. The molecule has 1 aromatic carbocycles. The third-order valence-electron chi connectivity index (χ3n) is 7.30. The van der Waals surface area contributed by atoms with E-state index in [1.807, 2.05) is 0 Å². The number of fused-ring (bicyclic) bond motifs is 3. The van der Waals surface area contributed by atoms with Crippen LogP contribution in [0.15, 0.2) is 41.8 Å². The van der Waals surface area contributed by atoms with Gasteiger partial charge in [0.05, 0.1) is 29.8 Å². The molecule has 2 N–H and O–H groups in total. The maximum absolute atomic E-state index is 15.2. The Morgan fingerprint density at radius 3 is 2.82 bits per heavy atom. The Kier molecular flexibility index (Phi) is 5.12. The predicted molar refractivity (Wildman–Crippen MR) is 129 cm³/mol. The lowest BCUT2D eigenvalue weighted by molar-refractivity contribution is 0.413. The molecular weight excluding hydrogens is 460 g/mol. The number of pyridine rings is 1. The first kappa shape index (κ1) is 22.6. The molecule has 0 spiro atoms. The number of aliphatic imine (C=N–C) groups is 1. The van der Waals surface area contributed by atoms with Gasteiger partial charge in [-0.05, 0) is 46.8 Å². The highest BCUT2D eigenvalue weighted by molar-refractivity contribution is 8.03. The molecule has 0 amide bonds. The van der Waals surface area contributed by atoms with Crippen LogP contribution in [0.4, 0.5) is 8.78 Å². The molecule has 0 saturated carbocycles. The van der Waals surface area contributed by atoms with Gasteiger partial charge >= 0.3 is 0 Å². The van der Waals surface area contributed by atoms with Crippen molar-refractivity contribution < 1.29 is 17.7 Å². The Morgan fingerprint density at radius 1 is 1.29 bits per heavy atom. The number of nitrogens with zero attached hydrogens (tertiary/aromatic N) is 4. The van der Waals surface area contributed by atoms with Crippen molar-refractivity contribution in [2.45, 2.75) is 41.7 Å². The van der Waals surface area contributed by atoms with E-state index >= 15 is 4.39 Å². The van der Waals surface area contributed by atoms with Crippen molar-refractivity contribution in [3.8, 4) is 5.75 Å². The zero-order chi connectivity index (χ0) is 24.3.